The van der Waals surface area contributed by atoms with Crippen LogP contribution in [0.5, 0.6) is 0 Å². The van der Waals surface area contributed by atoms with Crippen LogP contribution >= 0.6 is 31.9 Å². The van der Waals surface area contributed by atoms with Gasteiger partial charge in [-0.3, -0.25) is 4.79 Å². The molecular formula is C21H22Br2O3. The predicted molar refractivity (Wildman–Crippen MR) is 110 cm³/mol. The lowest BCUT2D eigenvalue weighted by atomic mass is 9.71. The van der Waals surface area contributed by atoms with Crippen LogP contribution in [0, 0.1) is 0 Å². The fourth-order valence-corrected chi connectivity index (χ4v) is 4.76. The van der Waals surface area contributed by atoms with Gasteiger partial charge in [0, 0.05) is 34.5 Å². The van der Waals surface area contributed by atoms with Crippen LogP contribution in [-0.4, -0.2) is 26.8 Å². The van der Waals surface area contributed by atoms with Crippen molar-refractivity contribution in [1.29, 1.82) is 0 Å². The molecule has 2 aromatic rings. The van der Waals surface area contributed by atoms with Crippen molar-refractivity contribution in [3.63, 3.8) is 0 Å². The Balaban J connectivity index is 2.15. The Morgan fingerprint density at radius 3 is 2.04 bits per heavy atom. The Labute approximate surface area is 171 Å². The number of carbonyl (C=O) groups excluding carboxylic acids is 1. The molecule has 0 amide bonds. The number of benzene rings is 2. The van der Waals surface area contributed by atoms with Gasteiger partial charge in [0.15, 0.2) is 0 Å². The molecular weight excluding hydrogens is 460 g/mol. The SMILES string of the molecule is COCCCC1(CCC(=O)OC)c2cc(Br)ccc2-c2ccc(Br)cc21. The van der Waals surface area contributed by atoms with Crippen LogP contribution in [0.4, 0.5) is 0 Å². The molecule has 26 heavy (non-hydrogen) atoms. The molecule has 1 aliphatic carbocycles. The average molecular weight is 482 g/mol. The first-order valence-corrected chi connectivity index (χ1v) is 10.3. The van der Waals surface area contributed by atoms with E-state index in [9.17, 15) is 4.79 Å². The molecule has 2 aromatic carbocycles. The zero-order valence-corrected chi connectivity index (χ0v) is 18.2. The summed E-state index contributed by atoms with van der Waals surface area (Å²) < 4.78 is 12.3. The Hall–Kier alpha value is -1.17. The maximum absolute atomic E-state index is 11.9. The third-order valence-corrected chi connectivity index (χ3v) is 6.21. The van der Waals surface area contributed by atoms with E-state index in [1.54, 1.807) is 7.11 Å². The van der Waals surface area contributed by atoms with E-state index < -0.39 is 0 Å². The summed E-state index contributed by atoms with van der Waals surface area (Å²) in [5, 5.41) is 0. The molecule has 0 N–H and O–H groups in total. The molecule has 0 fully saturated rings. The Kier molecular flexibility index (Phi) is 6.21. The number of hydrogen-bond donors (Lipinski definition) is 0. The van der Waals surface area contributed by atoms with Crippen LogP contribution in [-0.2, 0) is 19.7 Å². The van der Waals surface area contributed by atoms with Gasteiger partial charge in [0.2, 0.25) is 0 Å². The van der Waals surface area contributed by atoms with Crippen molar-refractivity contribution >= 4 is 37.8 Å². The molecule has 3 nitrogen and oxygen atoms in total. The van der Waals surface area contributed by atoms with E-state index in [4.69, 9.17) is 9.47 Å². The number of esters is 1. The van der Waals surface area contributed by atoms with E-state index in [1.165, 1.54) is 29.4 Å². The van der Waals surface area contributed by atoms with Crippen LogP contribution in [0.15, 0.2) is 45.3 Å². The van der Waals surface area contributed by atoms with E-state index in [-0.39, 0.29) is 11.4 Å². The summed E-state index contributed by atoms with van der Waals surface area (Å²) in [6.07, 6.45) is 2.96. The van der Waals surface area contributed by atoms with Crippen molar-refractivity contribution in [2.24, 2.45) is 0 Å². The van der Waals surface area contributed by atoms with E-state index in [1.807, 2.05) is 0 Å². The molecule has 0 bridgehead atoms. The number of carbonyl (C=O) groups is 1. The second kappa shape index (κ2) is 8.24. The van der Waals surface area contributed by atoms with Crippen LogP contribution in [0.3, 0.4) is 0 Å². The van der Waals surface area contributed by atoms with Crippen molar-refractivity contribution in [1.82, 2.24) is 0 Å². The van der Waals surface area contributed by atoms with Gasteiger partial charge in [-0.05, 0) is 65.8 Å². The standard InChI is InChI=1S/C21H22Br2O3/c1-25-11-3-9-21(10-8-20(24)26-2)18-12-14(22)4-6-16(18)17-7-5-15(23)13-19(17)21/h4-7,12-13H,3,8-11H2,1-2H3. The summed E-state index contributed by atoms with van der Waals surface area (Å²) in [5.74, 6) is -0.170. The van der Waals surface area contributed by atoms with Crippen LogP contribution in [0.2, 0.25) is 0 Å². The zero-order chi connectivity index (χ0) is 18.7. The fraction of sp³-hybridized carbons (Fsp3) is 0.381. The van der Waals surface area contributed by atoms with Crippen molar-refractivity contribution in [2.75, 3.05) is 20.8 Å². The van der Waals surface area contributed by atoms with E-state index in [0.29, 0.717) is 13.0 Å². The maximum Gasteiger partial charge on any atom is 0.305 e. The Bertz CT molecular complexity index is 765. The molecule has 0 aliphatic heterocycles. The summed E-state index contributed by atoms with van der Waals surface area (Å²) in [4.78, 5) is 11.9. The molecule has 0 radical (unpaired) electrons. The minimum atomic E-state index is -0.217. The lowest BCUT2D eigenvalue weighted by Gasteiger charge is -2.32. The van der Waals surface area contributed by atoms with Crippen molar-refractivity contribution in [2.45, 2.75) is 31.1 Å². The third-order valence-electron chi connectivity index (χ3n) is 5.22. The summed E-state index contributed by atoms with van der Waals surface area (Å²) >= 11 is 7.25. The smallest absolute Gasteiger partial charge is 0.305 e. The molecule has 0 saturated heterocycles. The molecule has 0 unspecified atom stereocenters. The highest BCUT2D eigenvalue weighted by atomic mass is 79.9. The highest BCUT2D eigenvalue weighted by molar-refractivity contribution is 9.10. The van der Waals surface area contributed by atoms with E-state index >= 15 is 0 Å². The largest absolute Gasteiger partial charge is 0.469 e. The van der Waals surface area contributed by atoms with Gasteiger partial charge in [0.1, 0.15) is 0 Å². The molecule has 0 heterocycles. The molecule has 1 aliphatic rings. The van der Waals surface area contributed by atoms with Gasteiger partial charge in [-0.1, -0.05) is 44.0 Å². The normalized spacial score (nSPS) is 14.0. The lowest BCUT2D eigenvalue weighted by molar-refractivity contribution is -0.141. The highest BCUT2D eigenvalue weighted by Crippen LogP contribution is 2.54. The van der Waals surface area contributed by atoms with Crippen molar-refractivity contribution in [3.05, 3.63) is 56.5 Å². The average Bonchev–Trinajstić information content (AvgIpc) is 2.89. The predicted octanol–water partition coefficient (Wildman–Crippen LogP) is 5.86. The maximum atomic E-state index is 11.9. The Morgan fingerprint density at radius 1 is 0.962 bits per heavy atom. The topological polar surface area (TPSA) is 35.5 Å². The number of methoxy groups -OCH3 is 2. The minimum Gasteiger partial charge on any atom is -0.469 e. The number of halogens is 2. The molecule has 0 atom stereocenters. The Morgan fingerprint density at radius 2 is 1.54 bits per heavy atom. The summed E-state index contributed by atoms with van der Waals surface area (Å²) in [6, 6.07) is 12.9. The first-order valence-electron chi connectivity index (χ1n) is 8.68. The van der Waals surface area contributed by atoms with Gasteiger partial charge >= 0.3 is 5.97 Å². The third kappa shape index (κ3) is 3.62. The van der Waals surface area contributed by atoms with Crippen LogP contribution in [0.1, 0.15) is 36.8 Å². The number of rotatable bonds is 7. The van der Waals surface area contributed by atoms with E-state index in [2.05, 4.69) is 68.3 Å². The van der Waals surface area contributed by atoms with Crippen LogP contribution in [0.25, 0.3) is 11.1 Å². The molecule has 0 saturated carbocycles. The van der Waals surface area contributed by atoms with Crippen LogP contribution < -0.4 is 0 Å². The molecule has 138 valence electrons. The molecule has 3 rings (SSSR count). The van der Waals surface area contributed by atoms with Gasteiger partial charge in [0.05, 0.1) is 7.11 Å². The minimum absolute atomic E-state index is 0.170. The van der Waals surface area contributed by atoms with Gasteiger partial charge in [-0.15, -0.1) is 0 Å². The summed E-state index contributed by atoms with van der Waals surface area (Å²) in [7, 11) is 3.18. The highest BCUT2D eigenvalue weighted by Gasteiger charge is 2.43. The second-order valence-corrected chi connectivity index (χ2v) is 8.47. The van der Waals surface area contributed by atoms with Gasteiger partial charge < -0.3 is 9.47 Å². The quantitative estimate of drug-likeness (QED) is 0.367. The lowest BCUT2D eigenvalue weighted by Crippen LogP contribution is -2.27. The number of fused-ring (bicyclic) bond motifs is 3. The monoisotopic (exact) mass is 480 g/mol. The van der Waals surface area contributed by atoms with Crippen molar-refractivity contribution in [3.8, 4) is 11.1 Å². The van der Waals surface area contributed by atoms with Gasteiger partial charge in [0.25, 0.3) is 0 Å². The zero-order valence-electron chi connectivity index (χ0n) is 15.0. The first kappa shape index (κ1) is 19.6. The van der Waals surface area contributed by atoms with Crippen molar-refractivity contribution < 1.29 is 14.3 Å². The second-order valence-electron chi connectivity index (χ2n) is 6.63. The van der Waals surface area contributed by atoms with Gasteiger partial charge in [-0.2, -0.15) is 0 Å². The van der Waals surface area contributed by atoms with Gasteiger partial charge in [-0.25, -0.2) is 0 Å². The summed E-state index contributed by atoms with van der Waals surface area (Å²) in [6.45, 7) is 0.701. The number of ether oxygens (including phenoxy) is 2. The van der Waals surface area contributed by atoms with E-state index in [0.717, 1.165) is 28.2 Å². The molecule has 0 spiro atoms. The molecule has 5 heteroatoms. The fourth-order valence-electron chi connectivity index (χ4n) is 4.04. The summed E-state index contributed by atoms with van der Waals surface area (Å²) in [5.41, 5.74) is 4.83. The number of hydrogen-bond acceptors (Lipinski definition) is 3. The molecule has 0 aromatic heterocycles. The first-order chi connectivity index (χ1) is 12.5.